The van der Waals surface area contributed by atoms with Gasteiger partial charge in [-0.2, -0.15) is 5.10 Å². The minimum Gasteiger partial charge on any atom is -0.323 e. The zero-order valence-corrected chi connectivity index (χ0v) is 18.2. The maximum Gasteiger partial charge on any atom is 0.291 e. The summed E-state index contributed by atoms with van der Waals surface area (Å²) in [6, 6.07) is 16.6. The lowest BCUT2D eigenvalue weighted by molar-refractivity contribution is -0.119. The molecule has 0 saturated heterocycles. The largest absolute Gasteiger partial charge is 0.323 e. The van der Waals surface area contributed by atoms with Gasteiger partial charge in [-0.15, -0.1) is 0 Å². The molecule has 31 heavy (non-hydrogen) atoms. The lowest BCUT2D eigenvalue weighted by Crippen LogP contribution is -2.36. The van der Waals surface area contributed by atoms with Gasteiger partial charge in [0.25, 0.3) is 5.56 Å². The Morgan fingerprint density at radius 2 is 1.52 bits per heavy atom. The number of carbonyl (C=O) groups excluding carboxylic acids is 2. The SMILES string of the molecule is CC(C)C(=O)Nc1cc(-c2ccccc2)nn([C@@H](C)C(=O)Nc2ccccc2Cl)c1=O. The van der Waals surface area contributed by atoms with E-state index in [1.54, 1.807) is 45.0 Å². The second-order valence-electron chi connectivity index (χ2n) is 7.35. The number of para-hydroxylation sites is 1. The molecule has 0 radical (unpaired) electrons. The van der Waals surface area contributed by atoms with Crippen LogP contribution in [0.25, 0.3) is 11.3 Å². The molecule has 1 heterocycles. The Labute approximate surface area is 185 Å². The predicted octanol–water partition coefficient (Wildman–Crippen LogP) is 4.36. The van der Waals surface area contributed by atoms with E-state index in [0.29, 0.717) is 16.4 Å². The lowest BCUT2D eigenvalue weighted by Gasteiger charge is -2.18. The first kappa shape index (κ1) is 22.2. The van der Waals surface area contributed by atoms with Crippen LogP contribution in [-0.4, -0.2) is 21.6 Å². The van der Waals surface area contributed by atoms with Gasteiger partial charge in [0.2, 0.25) is 11.8 Å². The number of rotatable bonds is 6. The molecule has 0 fully saturated rings. The fourth-order valence-corrected chi connectivity index (χ4v) is 2.99. The number of nitrogens with zero attached hydrogens (tertiary/aromatic N) is 2. The monoisotopic (exact) mass is 438 g/mol. The van der Waals surface area contributed by atoms with Crippen molar-refractivity contribution >= 4 is 34.8 Å². The van der Waals surface area contributed by atoms with Crippen LogP contribution in [0.1, 0.15) is 26.8 Å². The van der Waals surface area contributed by atoms with Crippen LogP contribution in [0.15, 0.2) is 65.5 Å². The molecule has 3 rings (SSSR count). The van der Waals surface area contributed by atoms with E-state index in [2.05, 4.69) is 15.7 Å². The molecule has 2 aromatic carbocycles. The van der Waals surface area contributed by atoms with Gasteiger partial charge >= 0.3 is 0 Å². The first-order valence-corrected chi connectivity index (χ1v) is 10.2. The third kappa shape index (κ3) is 5.19. The highest BCUT2D eigenvalue weighted by atomic mass is 35.5. The first-order valence-electron chi connectivity index (χ1n) is 9.83. The van der Waals surface area contributed by atoms with Crippen molar-refractivity contribution in [2.75, 3.05) is 10.6 Å². The summed E-state index contributed by atoms with van der Waals surface area (Å²) in [6.45, 7) is 5.02. The fourth-order valence-electron chi connectivity index (χ4n) is 2.80. The molecular weight excluding hydrogens is 416 g/mol. The highest BCUT2D eigenvalue weighted by molar-refractivity contribution is 6.33. The smallest absolute Gasteiger partial charge is 0.291 e. The molecule has 0 spiro atoms. The van der Waals surface area contributed by atoms with Crippen LogP contribution in [0.4, 0.5) is 11.4 Å². The molecule has 2 amide bonds. The number of anilines is 2. The average Bonchev–Trinajstić information content (AvgIpc) is 2.76. The quantitative estimate of drug-likeness (QED) is 0.598. The van der Waals surface area contributed by atoms with Gasteiger partial charge in [0.05, 0.1) is 16.4 Å². The zero-order valence-electron chi connectivity index (χ0n) is 17.4. The van der Waals surface area contributed by atoms with Crippen LogP contribution in [0, 0.1) is 5.92 Å². The number of aromatic nitrogens is 2. The van der Waals surface area contributed by atoms with Crippen LogP contribution in [0.3, 0.4) is 0 Å². The molecule has 0 unspecified atom stereocenters. The Balaban J connectivity index is 2.03. The van der Waals surface area contributed by atoms with Crippen molar-refractivity contribution in [2.45, 2.75) is 26.8 Å². The number of hydrogen-bond acceptors (Lipinski definition) is 4. The van der Waals surface area contributed by atoms with Gasteiger partial charge < -0.3 is 10.6 Å². The topological polar surface area (TPSA) is 93.1 Å². The van der Waals surface area contributed by atoms with Gasteiger partial charge in [0.15, 0.2) is 0 Å². The van der Waals surface area contributed by atoms with Gasteiger partial charge in [-0.3, -0.25) is 14.4 Å². The lowest BCUT2D eigenvalue weighted by atomic mass is 10.1. The number of carbonyl (C=O) groups is 2. The highest BCUT2D eigenvalue weighted by Gasteiger charge is 2.22. The minimum atomic E-state index is -0.956. The maximum atomic E-state index is 13.1. The summed E-state index contributed by atoms with van der Waals surface area (Å²) in [7, 11) is 0. The van der Waals surface area contributed by atoms with Crippen molar-refractivity contribution in [1.82, 2.24) is 9.78 Å². The molecular formula is C23H23ClN4O3. The second kappa shape index (κ2) is 9.57. The summed E-state index contributed by atoms with van der Waals surface area (Å²) in [5.41, 5.74) is 1.12. The second-order valence-corrected chi connectivity index (χ2v) is 7.76. The number of hydrogen-bond donors (Lipinski definition) is 2. The highest BCUT2D eigenvalue weighted by Crippen LogP contribution is 2.23. The summed E-state index contributed by atoms with van der Waals surface area (Å²) in [5, 5.41) is 10.1. The van der Waals surface area contributed by atoms with Crippen molar-refractivity contribution in [3.8, 4) is 11.3 Å². The van der Waals surface area contributed by atoms with E-state index in [-0.39, 0.29) is 17.5 Å². The third-order valence-electron chi connectivity index (χ3n) is 4.66. The molecule has 0 saturated carbocycles. The Morgan fingerprint density at radius 3 is 2.16 bits per heavy atom. The molecule has 7 nitrogen and oxygen atoms in total. The molecule has 0 aliphatic rings. The molecule has 0 aliphatic carbocycles. The van der Waals surface area contributed by atoms with Gasteiger partial charge in [0.1, 0.15) is 11.7 Å². The maximum absolute atomic E-state index is 13.1. The van der Waals surface area contributed by atoms with Crippen LogP contribution < -0.4 is 16.2 Å². The predicted molar refractivity (Wildman–Crippen MR) is 122 cm³/mol. The van der Waals surface area contributed by atoms with Crippen molar-refractivity contribution in [2.24, 2.45) is 5.92 Å². The molecule has 160 valence electrons. The molecule has 8 heteroatoms. The molecule has 0 bridgehead atoms. The average molecular weight is 439 g/mol. The fraction of sp³-hybridized carbons (Fsp3) is 0.217. The normalized spacial score (nSPS) is 11.8. The Kier molecular flexibility index (Phi) is 6.87. The zero-order chi connectivity index (χ0) is 22.5. The van der Waals surface area contributed by atoms with Crippen LogP contribution >= 0.6 is 11.6 Å². The number of amides is 2. The van der Waals surface area contributed by atoms with Gasteiger partial charge in [-0.05, 0) is 25.1 Å². The molecule has 0 aliphatic heterocycles. The summed E-state index contributed by atoms with van der Waals surface area (Å²) >= 11 is 6.12. The molecule has 1 atom stereocenters. The molecule has 3 aromatic rings. The van der Waals surface area contributed by atoms with E-state index in [1.165, 1.54) is 6.07 Å². The van der Waals surface area contributed by atoms with E-state index in [1.807, 2.05) is 30.3 Å². The van der Waals surface area contributed by atoms with Crippen LogP contribution in [0.2, 0.25) is 5.02 Å². The minimum absolute atomic E-state index is 0.0601. The van der Waals surface area contributed by atoms with Gasteiger partial charge in [0, 0.05) is 11.5 Å². The summed E-state index contributed by atoms with van der Waals surface area (Å²) in [6.07, 6.45) is 0. The third-order valence-corrected chi connectivity index (χ3v) is 4.99. The van der Waals surface area contributed by atoms with E-state index >= 15 is 0 Å². The summed E-state index contributed by atoms with van der Waals surface area (Å²) in [5.74, 6) is -1.08. The van der Waals surface area contributed by atoms with Crippen molar-refractivity contribution in [1.29, 1.82) is 0 Å². The van der Waals surface area contributed by atoms with E-state index < -0.39 is 17.5 Å². The van der Waals surface area contributed by atoms with Crippen molar-refractivity contribution in [3.63, 3.8) is 0 Å². The number of benzene rings is 2. The van der Waals surface area contributed by atoms with E-state index in [9.17, 15) is 14.4 Å². The van der Waals surface area contributed by atoms with Crippen molar-refractivity contribution in [3.05, 3.63) is 76.0 Å². The van der Waals surface area contributed by atoms with E-state index in [0.717, 1.165) is 10.2 Å². The van der Waals surface area contributed by atoms with Crippen molar-refractivity contribution < 1.29 is 9.59 Å². The Morgan fingerprint density at radius 1 is 0.903 bits per heavy atom. The molecule has 2 N–H and O–H groups in total. The van der Waals surface area contributed by atoms with Gasteiger partial charge in [-0.25, -0.2) is 4.68 Å². The Bertz CT molecular complexity index is 1160. The van der Waals surface area contributed by atoms with Crippen LogP contribution in [-0.2, 0) is 9.59 Å². The standard InChI is InChI=1S/C23H23ClN4O3/c1-14(2)21(29)26-20-13-19(16-9-5-4-6-10-16)27-28(23(20)31)15(3)22(30)25-18-12-8-7-11-17(18)24/h4-15H,1-3H3,(H,25,30)(H,26,29)/t15-/m0/s1. The number of halogens is 1. The van der Waals surface area contributed by atoms with Crippen LogP contribution in [0.5, 0.6) is 0 Å². The first-order chi connectivity index (χ1) is 14.8. The van der Waals surface area contributed by atoms with E-state index in [4.69, 9.17) is 11.6 Å². The molecule has 1 aromatic heterocycles. The number of nitrogens with one attached hydrogen (secondary N) is 2. The van der Waals surface area contributed by atoms with Gasteiger partial charge in [-0.1, -0.05) is 67.9 Å². The Hall–Kier alpha value is -3.45. The summed E-state index contributed by atoms with van der Waals surface area (Å²) < 4.78 is 1.07. The summed E-state index contributed by atoms with van der Waals surface area (Å²) in [4.78, 5) is 38.1.